The van der Waals surface area contributed by atoms with Gasteiger partial charge in [0.05, 0.1) is 5.69 Å². The van der Waals surface area contributed by atoms with Crippen LogP contribution in [0, 0.1) is 0 Å². The van der Waals surface area contributed by atoms with Crippen LogP contribution in [-0.4, -0.2) is 0 Å². The van der Waals surface area contributed by atoms with E-state index in [1.807, 2.05) is 0 Å². The summed E-state index contributed by atoms with van der Waals surface area (Å²) in [5.74, 6) is 0. The summed E-state index contributed by atoms with van der Waals surface area (Å²) in [5, 5.41) is 7.00. The van der Waals surface area contributed by atoms with Crippen molar-refractivity contribution in [3.8, 4) is 33.4 Å². The Morgan fingerprint density at radius 2 is 0.885 bits per heavy atom. The van der Waals surface area contributed by atoms with Crippen LogP contribution < -0.4 is 4.90 Å². The van der Waals surface area contributed by atoms with Gasteiger partial charge in [-0.05, 0) is 91.8 Å². The van der Waals surface area contributed by atoms with Crippen molar-refractivity contribution in [1.29, 1.82) is 0 Å². The molecule has 0 aliphatic rings. The van der Waals surface area contributed by atoms with E-state index in [0.717, 1.165) is 50.1 Å². The van der Waals surface area contributed by atoms with Crippen molar-refractivity contribution in [3.63, 3.8) is 0 Å². The molecular weight excluding hydrogens is 631 g/mol. The molecule has 0 aliphatic heterocycles. The number of fused-ring (bicyclic) bond motifs is 6. The van der Waals surface area contributed by atoms with Crippen LogP contribution in [0.25, 0.3) is 76.9 Å². The lowest BCUT2D eigenvalue weighted by Crippen LogP contribution is -2.10. The maximum atomic E-state index is 7.10. The minimum absolute atomic E-state index is 0.859. The van der Waals surface area contributed by atoms with E-state index in [2.05, 4.69) is 205 Å². The number of anilines is 3. The molecule has 0 radical (unpaired) electrons. The molecule has 0 aliphatic carbocycles. The van der Waals surface area contributed by atoms with Crippen LogP contribution in [0.2, 0.25) is 0 Å². The van der Waals surface area contributed by atoms with Crippen LogP contribution in [0.4, 0.5) is 17.1 Å². The maximum Gasteiger partial charge on any atom is 0.159 e. The molecule has 0 N–H and O–H groups in total. The Kier molecular flexibility index (Phi) is 7.18. The van der Waals surface area contributed by atoms with E-state index in [-0.39, 0.29) is 0 Å². The van der Waals surface area contributed by atoms with Crippen molar-refractivity contribution < 1.29 is 4.42 Å². The molecule has 10 aromatic rings. The Morgan fingerprint density at radius 3 is 1.63 bits per heavy atom. The maximum absolute atomic E-state index is 7.10. The highest BCUT2D eigenvalue weighted by atomic mass is 16.3. The zero-order chi connectivity index (χ0) is 34.4. The molecule has 0 atom stereocenters. The average Bonchev–Trinajstić information content (AvgIpc) is 3.63. The van der Waals surface area contributed by atoms with Crippen molar-refractivity contribution >= 4 is 60.5 Å². The lowest BCUT2D eigenvalue weighted by molar-refractivity contribution is 0.670. The largest absolute Gasteiger partial charge is 0.453 e. The van der Waals surface area contributed by atoms with Gasteiger partial charge in [-0.2, -0.15) is 0 Å². The average molecular weight is 664 g/mol. The van der Waals surface area contributed by atoms with Crippen LogP contribution in [-0.2, 0) is 0 Å². The lowest BCUT2D eigenvalue weighted by Gasteiger charge is -2.26. The molecule has 1 heterocycles. The van der Waals surface area contributed by atoms with Gasteiger partial charge < -0.3 is 9.32 Å². The Hall–Kier alpha value is -6.90. The predicted octanol–water partition coefficient (Wildman–Crippen LogP) is 14.4. The molecule has 0 unspecified atom stereocenters. The Labute approximate surface area is 302 Å². The number of benzene rings is 9. The molecule has 244 valence electrons. The molecule has 2 heteroatoms. The molecule has 52 heavy (non-hydrogen) atoms. The SMILES string of the molecule is c1ccc(-c2ccc(N(c3ccc4cc(-c5ccccc5)ccc4c3)c3cccc4c3oc3c(-c5ccccc5)cc5ccccc5c34)cc2)cc1. The predicted molar refractivity (Wildman–Crippen MR) is 220 cm³/mol. The van der Waals surface area contributed by atoms with Gasteiger partial charge in [-0.25, -0.2) is 0 Å². The van der Waals surface area contributed by atoms with Crippen molar-refractivity contribution in [2.75, 3.05) is 4.90 Å². The molecular formula is C50H33NO. The van der Waals surface area contributed by atoms with Gasteiger partial charge in [0.15, 0.2) is 5.58 Å². The second-order valence-corrected chi connectivity index (χ2v) is 13.3. The molecule has 1 aromatic heterocycles. The molecule has 0 bridgehead atoms. The summed E-state index contributed by atoms with van der Waals surface area (Å²) in [7, 11) is 0. The highest BCUT2D eigenvalue weighted by Gasteiger charge is 2.22. The summed E-state index contributed by atoms with van der Waals surface area (Å²) in [6, 6.07) is 71.5. The van der Waals surface area contributed by atoms with Crippen LogP contribution >= 0.6 is 0 Å². The zero-order valence-electron chi connectivity index (χ0n) is 28.4. The Morgan fingerprint density at radius 1 is 0.327 bits per heavy atom. The van der Waals surface area contributed by atoms with E-state index in [1.54, 1.807) is 0 Å². The van der Waals surface area contributed by atoms with Gasteiger partial charge in [-0.15, -0.1) is 0 Å². The fourth-order valence-electron chi connectivity index (χ4n) is 7.68. The topological polar surface area (TPSA) is 16.4 Å². The van der Waals surface area contributed by atoms with E-state index >= 15 is 0 Å². The van der Waals surface area contributed by atoms with E-state index in [9.17, 15) is 0 Å². The number of furan rings is 1. The van der Waals surface area contributed by atoms with E-state index in [0.29, 0.717) is 0 Å². The second-order valence-electron chi connectivity index (χ2n) is 13.3. The molecule has 0 fully saturated rings. The molecule has 0 saturated heterocycles. The number of hydrogen-bond acceptors (Lipinski definition) is 2. The normalized spacial score (nSPS) is 11.5. The summed E-state index contributed by atoms with van der Waals surface area (Å²) in [6.45, 7) is 0. The van der Waals surface area contributed by atoms with Gasteiger partial charge in [-0.1, -0.05) is 158 Å². The highest BCUT2D eigenvalue weighted by molar-refractivity contribution is 6.24. The molecule has 9 aromatic carbocycles. The van der Waals surface area contributed by atoms with Gasteiger partial charge in [0.1, 0.15) is 5.58 Å². The fourth-order valence-corrected chi connectivity index (χ4v) is 7.68. The number of para-hydroxylation sites is 1. The van der Waals surface area contributed by atoms with Crippen LogP contribution in [0.5, 0.6) is 0 Å². The van der Waals surface area contributed by atoms with E-state index in [4.69, 9.17) is 4.42 Å². The first-order valence-corrected chi connectivity index (χ1v) is 17.8. The first-order valence-electron chi connectivity index (χ1n) is 17.8. The van der Waals surface area contributed by atoms with Gasteiger partial charge in [0.2, 0.25) is 0 Å². The van der Waals surface area contributed by atoms with Gasteiger partial charge in [-0.3, -0.25) is 0 Å². The summed E-state index contributed by atoms with van der Waals surface area (Å²) in [6.07, 6.45) is 0. The highest BCUT2D eigenvalue weighted by Crippen LogP contribution is 2.47. The van der Waals surface area contributed by atoms with Crippen molar-refractivity contribution in [2.24, 2.45) is 0 Å². The van der Waals surface area contributed by atoms with Crippen molar-refractivity contribution in [3.05, 3.63) is 200 Å². The van der Waals surface area contributed by atoms with Crippen LogP contribution in [0.1, 0.15) is 0 Å². The van der Waals surface area contributed by atoms with Crippen LogP contribution in [0.15, 0.2) is 205 Å². The molecule has 0 spiro atoms. The third-order valence-corrected chi connectivity index (χ3v) is 10.2. The summed E-state index contributed by atoms with van der Waals surface area (Å²) in [4.78, 5) is 2.34. The summed E-state index contributed by atoms with van der Waals surface area (Å²) < 4.78 is 7.10. The first kappa shape index (κ1) is 30.0. The minimum atomic E-state index is 0.859. The second kappa shape index (κ2) is 12.5. The number of nitrogens with zero attached hydrogens (tertiary/aromatic N) is 1. The third kappa shape index (κ3) is 5.12. The number of hydrogen-bond donors (Lipinski definition) is 0. The number of rotatable bonds is 6. The third-order valence-electron chi connectivity index (χ3n) is 10.2. The van der Waals surface area contributed by atoms with E-state index in [1.165, 1.54) is 43.8 Å². The Bertz CT molecular complexity index is 2870. The molecule has 2 nitrogen and oxygen atoms in total. The Balaban J connectivity index is 1.20. The van der Waals surface area contributed by atoms with Crippen molar-refractivity contribution in [1.82, 2.24) is 0 Å². The van der Waals surface area contributed by atoms with Gasteiger partial charge in [0.25, 0.3) is 0 Å². The first-order chi connectivity index (χ1) is 25.8. The molecule has 10 rings (SSSR count). The minimum Gasteiger partial charge on any atom is -0.453 e. The van der Waals surface area contributed by atoms with Crippen molar-refractivity contribution in [2.45, 2.75) is 0 Å². The van der Waals surface area contributed by atoms with Gasteiger partial charge >= 0.3 is 0 Å². The van der Waals surface area contributed by atoms with Crippen LogP contribution in [0.3, 0.4) is 0 Å². The standard InChI is InChI=1S/C50H33NO/c1-4-13-34(14-5-1)36-25-28-42(29-26-36)51(43-30-27-39-31-38(23-24-40(39)32-43)35-15-6-2-7-16-35)47-22-12-21-45-48-44-20-11-10-19-41(44)33-46(50(48)52-49(45)47)37-17-8-3-9-18-37/h1-33H. The molecule has 0 saturated carbocycles. The van der Waals surface area contributed by atoms with E-state index < -0.39 is 0 Å². The summed E-state index contributed by atoms with van der Waals surface area (Å²) in [5.41, 5.74) is 11.9. The summed E-state index contributed by atoms with van der Waals surface area (Å²) >= 11 is 0. The smallest absolute Gasteiger partial charge is 0.159 e. The zero-order valence-corrected chi connectivity index (χ0v) is 28.4. The van der Waals surface area contributed by atoms with Gasteiger partial charge in [0, 0.05) is 27.7 Å². The fraction of sp³-hybridized carbons (Fsp3) is 0. The lowest BCUT2D eigenvalue weighted by atomic mass is 9.96. The molecule has 0 amide bonds. The monoisotopic (exact) mass is 663 g/mol. The quantitative estimate of drug-likeness (QED) is 0.176.